The average Bonchev–Trinajstić information content (AvgIpc) is 3.17. The zero-order valence-electron chi connectivity index (χ0n) is 17.4. The van der Waals surface area contributed by atoms with Gasteiger partial charge in [-0.15, -0.1) is 11.3 Å². The highest BCUT2D eigenvalue weighted by molar-refractivity contribution is 7.07. The van der Waals surface area contributed by atoms with E-state index < -0.39 is 0 Å². The Kier molecular flexibility index (Phi) is 5.42. The lowest BCUT2D eigenvalue weighted by Crippen LogP contribution is -2.25. The first-order valence-electron chi connectivity index (χ1n) is 10.6. The Morgan fingerprint density at radius 3 is 2.68 bits per heavy atom. The van der Waals surface area contributed by atoms with Crippen LogP contribution in [0.3, 0.4) is 0 Å². The van der Waals surface area contributed by atoms with E-state index in [4.69, 9.17) is 14.8 Å². The maximum Gasteiger partial charge on any atom is 0.262 e. The third-order valence-corrected chi connectivity index (χ3v) is 6.34. The van der Waals surface area contributed by atoms with Crippen LogP contribution in [0.25, 0.3) is 11.3 Å². The van der Waals surface area contributed by atoms with Crippen molar-refractivity contribution in [3.8, 4) is 17.0 Å². The largest absolute Gasteiger partial charge is 0.482 e. The number of rotatable bonds is 3. The molecule has 1 fully saturated rings. The first-order chi connectivity index (χ1) is 15.2. The molecule has 31 heavy (non-hydrogen) atoms. The average molecular weight is 433 g/mol. The summed E-state index contributed by atoms with van der Waals surface area (Å²) in [6.45, 7) is 2.12. The molecule has 6 nitrogen and oxygen atoms in total. The van der Waals surface area contributed by atoms with Crippen molar-refractivity contribution in [1.82, 2.24) is 4.68 Å². The number of amides is 1. The van der Waals surface area contributed by atoms with E-state index in [1.54, 1.807) is 11.3 Å². The molecular formula is C24H24N4O2S. The number of hydrogen-bond donors (Lipinski definition) is 1. The Morgan fingerprint density at radius 2 is 1.87 bits per heavy atom. The van der Waals surface area contributed by atoms with Crippen molar-refractivity contribution in [1.29, 1.82) is 0 Å². The first-order valence-corrected chi connectivity index (χ1v) is 11.5. The van der Waals surface area contributed by atoms with Crippen LogP contribution in [0.4, 0.5) is 11.4 Å². The van der Waals surface area contributed by atoms with E-state index >= 15 is 0 Å². The van der Waals surface area contributed by atoms with Crippen LogP contribution in [0.2, 0.25) is 0 Å². The summed E-state index contributed by atoms with van der Waals surface area (Å²) in [6.07, 6.45) is 5.70. The molecular weight excluding hydrogens is 408 g/mol. The van der Waals surface area contributed by atoms with Gasteiger partial charge >= 0.3 is 0 Å². The Morgan fingerprint density at radius 1 is 1.06 bits per heavy atom. The minimum Gasteiger partial charge on any atom is -0.482 e. The molecule has 1 aliphatic heterocycles. The van der Waals surface area contributed by atoms with E-state index in [-0.39, 0.29) is 12.5 Å². The number of aryl methyl sites for hydroxylation is 1. The SMILES string of the molecule is Cc1ccc(N=c2scc(-c3ccc4c(c3)NC(=O)CO4)n2N=C2CCCCC2)cc1. The molecule has 2 heterocycles. The standard InChI is InChI=1S/C24H24N4O2S/c1-16-7-10-18(11-8-16)25-24-28(27-19-5-3-2-4-6-19)21(15-31-24)17-9-12-22-20(13-17)26-23(29)14-30-22/h7-13,15H,2-6,14H2,1H3,(H,26,29). The van der Waals surface area contributed by atoms with Crippen LogP contribution < -0.4 is 14.9 Å². The third kappa shape index (κ3) is 4.32. The second kappa shape index (κ2) is 8.51. The number of fused-ring (bicyclic) bond motifs is 1. The number of nitrogens with zero attached hydrogens (tertiary/aromatic N) is 3. The maximum atomic E-state index is 11.8. The highest BCUT2D eigenvalue weighted by atomic mass is 32.1. The number of thiazole rings is 1. The third-order valence-electron chi connectivity index (χ3n) is 5.52. The molecule has 0 radical (unpaired) electrons. The van der Waals surface area contributed by atoms with E-state index in [0.29, 0.717) is 11.4 Å². The van der Waals surface area contributed by atoms with Crippen molar-refractivity contribution >= 4 is 34.3 Å². The number of hydrogen-bond acceptors (Lipinski definition) is 5. The molecule has 158 valence electrons. The van der Waals surface area contributed by atoms with Gasteiger partial charge in [0, 0.05) is 16.7 Å². The molecule has 1 aliphatic carbocycles. The highest BCUT2D eigenvalue weighted by Crippen LogP contribution is 2.33. The Bertz CT molecular complexity index is 1210. The van der Waals surface area contributed by atoms with Crippen LogP contribution in [0, 0.1) is 6.92 Å². The number of carbonyl (C=O) groups is 1. The van der Waals surface area contributed by atoms with Crippen molar-refractivity contribution < 1.29 is 9.53 Å². The zero-order valence-corrected chi connectivity index (χ0v) is 18.2. The summed E-state index contributed by atoms with van der Waals surface area (Å²) in [6, 6.07) is 14.0. The minimum absolute atomic E-state index is 0.0536. The maximum absolute atomic E-state index is 11.8. The molecule has 1 N–H and O–H groups in total. The van der Waals surface area contributed by atoms with Crippen LogP contribution in [0.5, 0.6) is 5.75 Å². The second-order valence-corrected chi connectivity index (χ2v) is 8.77. The number of carbonyl (C=O) groups excluding carboxylic acids is 1. The van der Waals surface area contributed by atoms with Gasteiger partial charge in [-0.1, -0.05) is 24.1 Å². The lowest BCUT2D eigenvalue weighted by Gasteiger charge is -2.18. The molecule has 3 aromatic rings. The lowest BCUT2D eigenvalue weighted by atomic mass is 9.99. The van der Waals surface area contributed by atoms with E-state index in [2.05, 4.69) is 29.8 Å². The van der Waals surface area contributed by atoms with Crippen molar-refractivity contribution in [2.45, 2.75) is 39.0 Å². The van der Waals surface area contributed by atoms with Gasteiger partial charge in [-0.25, -0.2) is 9.67 Å². The van der Waals surface area contributed by atoms with Gasteiger partial charge in [0.1, 0.15) is 5.75 Å². The molecule has 0 atom stereocenters. The van der Waals surface area contributed by atoms with Crippen molar-refractivity contribution in [2.24, 2.45) is 10.1 Å². The van der Waals surface area contributed by atoms with Crippen LogP contribution in [0.15, 0.2) is 57.9 Å². The summed E-state index contributed by atoms with van der Waals surface area (Å²) in [5, 5.41) is 10.00. The molecule has 0 spiro atoms. The van der Waals surface area contributed by atoms with Crippen molar-refractivity contribution in [3.63, 3.8) is 0 Å². The zero-order chi connectivity index (χ0) is 21.2. The van der Waals surface area contributed by atoms with Gasteiger partial charge in [0.2, 0.25) is 4.80 Å². The summed E-state index contributed by atoms with van der Waals surface area (Å²) in [5.41, 5.74) is 5.93. The van der Waals surface area contributed by atoms with E-state index in [0.717, 1.165) is 34.6 Å². The number of benzene rings is 2. The lowest BCUT2D eigenvalue weighted by molar-refractivity contribution is -0.118. The molecule has 1 amide bonds. The number of aromatic nitrogens is 1. The smallest absolute Gasteiger partial charge is 0.262 e. The minimum atomic E-state index is -0.139. The van der Waals surface area contributed by atoms with E-state index in [9.17, 15) is 4.79 Å². The predicted molar refractivity (Wildman–Crippen MR) is 124 cm³/mol. The number of ether oxygens (including phenoxy) is 1. The molecule has 2 aliphatic rings. The summed E-state index contributed by atoms with van der Waals surface area (Å²) < 4.78 is 7.47. The molecule has 1 saturated carbocycles. The van der Waals surface area contributed by atoms with E-state index in [1.807, 2.05) is 35.0 Å². The van der Waals surface area contributed by atoms with Gasteiger partial charge in [0.05, 0.1) is 17.1 Å². The van der Waals surface area contributed by atoms with Gasteiger partial charge in [0.25, 0.3) is 5.91 Å². The number of anilines is 1. The Labute approximate surface area is 184 Å². The van der Waals surface area contributed by atoms with Gasteiger partial charge in [-0.2, -0.15) is 5.10 Å². The molecule has 0 saturated heterocycles. The molecule has 1 aromatic heterocycles. The fourth-order valence-electron chi connectivity index (χ4n) is 3.85. The molecule has 7 heteroatoms. The van der Waals surface area contributed by atoms with Crippen molar-refractivity contribution in [3.05, 3.63) is 58.2 Å². The summed E-state index contributed by atoms with van der Waals surface area (Å²) in [4.78, 5) is 17.5. The summed E-state index contributed by atoms with van der Waals surface area (Å²) >= 11 is 1.57. The van der Waals surface area contributed by atoms with Crippen LogP contribution >= 0.6 is 11.3 Å². The molecule has 5 rings (SSSR count). The van der Waals surface area contributed by atoms with Gasteiger partial charge in [0.15, 0.2) is 6.61 Å². The molecule has 0 bridgehead atoms. The highest BCUT2D eigenvalue weighted by Gasteiger charge is 2.18. The van der Waals surface area contributed by atoms with Crippen LogP contribution in [-0.4, -0.2) is 22.9 Å². The quantitative estimate of drug-likeness (QED) is 0.614. The molecule has 2 aromatic carbocycles. The summed E-state index contributed by atoms with van der Waals surface area (Å²) in [7, 11) is 0. The normalized spacial score (nSPS) is 16.5. The van der Waals surface area contributed by atoms with Gasteiger partial charge in [-0.05, 0) is 62.9 Å². The van der Waals surface area contributed by atoms with Gasteiger partial charge in [-0.3, -0.25) is 4.79 Å². The molecule has 0 unspecified atom stereocenters. The van der Waals surface area contributed by atoms with Crippen LogP contribution in [-0.2, 0) is 4.79 Å². The summed E-state index contributed by atoms with van der Waals surface area (Å²) in [5.74, 6) is 0.550. The first kappa shape index (κ1) is 19.8. The topological polar surface area (TPSA) is 68.0 Å². The monoisotopic (exact) mass is 432 g/mol. The van der Waals surface area contributed by atoms with E-state index in [1.165, 1.54) is 30.5 Å². The fourth-order valence-corrected chi connectivity index (χ4v) is 4.70. The fraction of sp³-hybridized carbons (Fsp3) is 0.292. The second-order valence-electron chi connectivity index (χ2n) is 7.94. The van der Waals surface area contributed by atoms with Crippen LogP contribution in [0.1, 0.15) is 37.7 Å². The Hall–Kier alpha value is -3.19. The number of nitrogens with one attached hydrogen (secondary N) is 1. The van der Waals surface area contributed by atoms with Gasteiger partial charge < -0.3 is 10.1 Å². The van der Waals surface area contributed by atoms with Crippen molar-refractivity contribution in [2.75, 3.05) is 11.9 Å². The predicted octanol–water partition coefficient (Wildman–Crippen LogP) is 5.26. The Balaban J connectivity index is 1.62.